The van der Waals surface area contributed by atoms with E-state index in [1.807, 2.05) is 24.3 Å². The zero-order valence-electron chi connectivity index (χ0n) is 12.9. The van der Waals surface area contributed by atoms with E-state index in [0.29, 0.717) is 6.61 Å². The van der Waals surface area contributed by atoms with Gasteiger partial charge >= 0.3 is 5.97 Å². The van der Waals surface area contributed by atoms with Crippen molar-refractivity contribution in [2.45, 2.75) is 13.8 Å². The van der Waals surface area contributed by atoms with E-state index in [9.17, 15) is 4.79 Å². The van der Waals surface area contributed by atoms with Crippen molar-refractivity contribution in [2.24, 2.45) is 0 Å². The number of para-hydroxylation sites is 1. The molecule has 0 saturated heterocycles. The first-order chi connectivity index (χ1) is 9.71. The lowest BCUT2D eigenvalue weighted by molar-refractivity contribution is -0.896. The summed E-state index contributed by atoms with van der Waals surface area (Å²) in [4.78, 5) is 13.0. The lowest BCUT2D eigenvalue weighted by Crippen LogP contribution is -3.11. The summed E-state index contributed by atoms with van der Waals surface area (Å²) in [5.41, 5.74) is 0.862. The van der Waals surface area contributed by atoms with Gasteiger partial charge < -0.3 is 26.8 Å². The highest BCUT2D eigenvalue weighted by atomic mass is 35.5. The second kappa shape index (κ2) is 11.2. The summed E-state index contributed by atoms with van der Waals surface area (Å²) in [6, 6.07) is 7.54. The molecule has 0 fully saturated rings. The van der Waals surface area contributed by atoms with Crippen LogP contribution in [0.25, 0.3) is 6.08 Å². The summed E-state index contributed by atoms with van der Waals surface area (Å²) in [5.74, 6) is 0.423. The van der Waals surface area contributed by atoms with Crippen molar-refractivity contribution in [1.29, 1.82) is 0 Å². The van der Waals surface area contributed by atoms with Gasteiger partial charge in [-0.3, -0.25) is 0 Å². The summed E-state index contributed by atoms with van der Waals surface area (Å²) < 4.78 is 10.4. The van der Waals surface area contributed by atoms with E-state index >= 15 is 0 Å². The van der Waals surface area contributed by atoms with E-state index in [1.54, 1.807) is 13.2 Å². The van der Waals surface area contributed by atoms with Crippen LogP contribution in [0.3, 0.4) is 0 Å². The van der Waals surface area contributed by atoms with Gasteiger partial charge in [-0.15, -0.1) is 0 Å². The normalized spacial score (nSPS) is 10.5. The topological polar surface area (TPSA) is 40.0 Å². The number of hydrogen-bond donors (Lipinski definition) is 1. The summed E-state index contributed by atoms with van der Waals surface area (Å²) >= 11 is 0. The highest BCUT2D eigenvalue weighted by Crippen LogP contribution is 2.18. The maximum atomic E-state index is 11.6. The second-order valence-electron chi connectivity index (χ2n) is 4.45. The average Bonchev–Trinajstić information content (AvgIpc) is 2.49. The van der Waals surface area contributed by atoms with E-state index in [-0.39, 0.29) is 18.4 Å². The number of methoxy groups -OCH3 is 1. The fourth-order valence-corrected chi connectivity index (χ4v) is 1.91. The van der Waals surface area contributed by atoms with Crippen LogP contribution in [0, 0.1) is 0 Å². The number of quaternary nitrogens is 1. The van der Waals surface area contributed by atoms with Gasteiger partial charge in [0, 0.05) is 11.6 Å². The monoisotopic (exact) mass is 313 g/mol. The van der Waals surface area contributed by atoms with Crippen molar-refractivity contribution in [2.75, 3.05) is 33.4 Å². The quantitative estimate of drug-likeness (QED) is 0.454. The van der Waals surface area contributed by atoms with Gasteiger partial charge in [0.15, 0.2) is 0 Å². The summed E-state index contributed by atoms with van der Waals surface area (Å²) in [7, 11) is 1.61. The number of halogens is 1. The molecule has 0 spiro atoms. The lowest BCUT2D eigenvalue weighted by atomic mass is 10.2. The molecule has 5 heteroatoms. The van der Waals surface area contributed by atoms with Gasteiger partial charge in [-0.1, -0.05) is 18.2 Å². The Labute approximate surface area is 133 Å². The first-order valence-electron chi connectivity index (χ1n) is 7.02. The first kappa shape index (κ1) is 19.5. The summed E-state index contributed by atoms with van der Waals surface area (Å²) in [6.07, 6.45) is 3.15. The third-order valence-corrected chi connectivity index (χ3v) is 3.24. The van der Waals surface area contributed by atoms with Crippen molar-refractivity contribution in [3.63, 3.8) is 0 Å². The van der Waals surface area contributed by atoms with Gasteiger partial charge in [-0.2, -0.15) is 0 Å². The summed E-state index contributed by atoms with van der Waals surface area (Å²) in [6.45, 7) is 7.65. The number of esters is 1. The van der Waals surface area contributed by atoms with Crippen LogP contribution in [-0.4, -0.2) is 39.3 Å². The number of ether oxygens (including phenoxy) is 2. The maximum Gasteiger partial charge on any atom is 0.330 e. The van der Waals surface area contributed by atoms with E-state index in [1.165, 1.54) is 11.0 Å². The number of carbonyl (C=O) groups is 1. The molecule has 118 valence electrons. The number of hydrogen-bond acceptors (Lipinski definition) is 3. The zero-order valence-corrected chi connectivity index (χ0v) is 13.7. The zero-order chi connectivity index (χ0) is 14.8. The SMILES string of the molecule is CC[NH+](CC)CCOC(=O)/C=C/c1ccccc1OC.[Cl-]. The van der Waals surface area contributed by atoms with Crippen LogP contribution in [0.1, 0.15) is 19.4 Å². The molecule has 0 unspecified atom stereocenters. The molecule has 1 N–H and O–H groups in total. The predicted molar refractivity (Wildman–Crippen MR) is 79.9 cm³/mol. The van der Waals surface area contributed by atoms with Crippen LogP contribution in [0.2, 0.25) is 0 Å². The van der Waals surface area contributed by atoms with Crippen molar-refractivity contribution in [3.05, 3.63) is 35.9 Å². The molecule has 0 aromatic heterocycles. The fraction of sp³-hybridized carbons (Fsp3) is 0.438. The Bertz CT molecular complexity index is 445. The molecule has 1 aromatic carbocycles. The molecule has 1 rings (SSSR count). The van der Waals surface area contributed by atoms with E-state index in [2.05, 4.69) is 13.8 Å². The minimum atomic E-state index is -0.317. The molecule has 0 saturated carbocycles. The molecule has 1 aromatic rings. The Kier molecular flexibility index (Phi) is 10.4. The molecule has 4 nitrogen and oxygen atoms in total. The van der Waals surface area contributed by atoms with E-state index in [0.717, 1.165) is 30.9 Å². The molecular weight excluding hydrogens is 290 g/mol. The number of nitrogens with one attached hydrogen (secondary N) is 1. The Morgan fingerprint density at radius 1 is 1.24 bits per heavy atom. The van der Waals surface area contributed by atoms with Gasteiger partial charge in [0.2, 0.25) is 0 Å². The highest BCUT2D eigenvalue weighted by molar-refractivity contribution is 5.87. The van der Waals surface area contributed by atoms with Crippen LogP contribution < -0.4 is 22.0 Å². The van der Waals surface area contributed by atoms with Gasteiger partial charge in [0.25, 0.3) is 0 Å². The van der Waals surface area contributed by atoms with Crippen LogP contribution in [0.15, 0.2) is 30.3 Å². The van der Waals surface area contributed by atoms with Gasteiger partial charge in [-0.05, 0) is 26.0 Å². The number of benzene rings is 1. The standard InChI is InChI=1S/C16H23NO3.ClH/c1-4-17(5-2)12-13-20-16(18)11-10-14-8-6-7-9-15(14)19-3;/h6-11H,4-5,12-13H2,1-3H3;1H/b11-10+;. The van der Waals surface area contributed by atoms with Gasteiger partial charge in [-0.25, -0.2) is 4.79 Å². The van der Waals surface area contributed by atoms with Crippen molar-refractivity contribution in [3.8, 4) is 5.75 Å². The molecule has 0 aliphatic rings. The molecule has 0 bridgehead atoms. The second-order valence-corrected chi connectivity index (χ2v) is 4.45. The van der Waals surface area contributed by atoms with Crippen LogP contribution in [-0.2, 0) is 9.53 Å². The molecule has 0 radical (unpaired) electrons. The third kappa shape index (κ3) is 7.16. The lowest BCUT2D eigenvalue weighted by Gasteiger charge is -2.14. The van der Waals surface area contributed by atoms with Crippen molar-refractivity contribution < 1.29 is 31.6 Å². The van der Waals surface area contributed by atoms with Crippen molar-refractivity contribution >= 4 is 12.0 Å². The fourth-order valence-electron chi connectivity index (χ4n) is 1.91. The predicted octanol–water partition coefficient (Wildman–Crippen LogP) is -1.82. The van der Waals surface area contributed by atoms with Crippen LogP contribution in [0.4, 0.5) is 0 Å². The molecular formula is C16H24ClNO3. The Hall–Kier alpha value is -1.52. The molecule has 0 aliphatic heterocycles. The summed E-state index contributed by atoms with van der Waals surface area (Å²) in [5, 5.41) is 0. The number of rotatable bonds is 8. The average molecular weight is 314 g/mol. The van der Waals surface area contributed by atoms with Gasteiger partial charge in [0.05, 0.1) is 20.2 Å². The Balaban J connectivity index is 0.00000400. The molecule has 0 atom stereocenters. The Morgan fingerprint density at radius 2 is 1.90 bits per heavy atom. The van der Waals surface area contributed by atoms with Crippen LogP contribution in [0.5, 0.6) is 5.75 Å². The number of likely N-dealkylation sites (N-methyl/N-ethyl adjacent to an activating group) is 1. The van der Waals surface area contributed by atoms with E-state index in [4.69, 9.17) is 9.47 Å². The van der Waals surface area contributed by atoms with Crippen LogP contribution >= 0.6 is 0 Å². The maximum absolute atomic E-state index is 11.6. The Morgan fingerprint density at radius 3 is 2.52 bits per heavy atom. The van der Waals surface area contributed by atoms with E-state index < -0.39 is 0 Å². The molecule has 0 aliphatic carbocycles. The highest BCUT2D eigenvalue weighted by Gasteiger charge is 2.04. The smallest absolute Gasteiger partial charge is 0.330 e. The van der Waals surface area contributed by atoms with Crippen molar-refractivity contribution in [1.82, 2.24) is 0 Å². The minimum Gasteiger partial charge on any atom is -1.00 e. The number of carbonyl (C=O) groups excluding carboxylic acids is 1. The van der Waals surface area contributed by atoms with Gasteiger partial charge in [0.1, 0.15) is 18.9 Å². The molecule has 0 amide bonds. The third-order valence-electron chi connectivity index (χ3n) is 3.24. The largest absolute Gasteiger partial charge is 1.00 e. The molecule has 21 heavy (non-hydrogen) atoms. The minimum absolute atomic E-state index is 0. The first-order valence-corrected chi connectivity index (χ1v) is 7.02. The molecule has 0 heterocycles.